The number of rotatable bonds is 9. The Bertz CT molecular complexity index is 1530. The quantitative estimate of drug-likeness (QED) is 0.352. The monoisotopic (exact) mass is 611 g/mol. The summed E-state index contributed by atoms with van der Waals surface area (Å²) in [5, 5.41) is 3.29. The van der Waals surface area contributed by atoms with E-state index in [9.17, 15) is 21.6 Å². The summed E-state index contributed by atoms with van der Waals surface area (Å²) < 4.78 is 60.5. The number of amides is 1. The van der Waals surface area contributed by atoms with Crippen LogP contribution in [0.15, 0.2) is 71.6 Å². The minimum atomic E-state index is -3.85. The molecule has 1 amide bonds. The Morgan fingerprint density at radius 2 is 1.56 bits per heavy atom. The van der Waals surface area contributed by atoms with Gasteiger partial charge in [0.05, 0.1) is 23.7 Å². The van der Waals surface area contributed by atoms with Crippen molar-refractivity contribution < 1.29 is 26.4 Å². The number of nitrogens with zero attached hydrogens (tertiary/aromatic N) is 1. The van der Waals surface area contributed by atoms with Crippen LogP contribution in [0.3, 0.4) is 0 Å². The van der Waals surface area contributed by atoms with Crippen molar-refractivity contribution >= 4 is 60.5 Å². The topological polar surface area (TPSA) is 122 Å². The van der Waals surface area contributed by atoms with Crippen LogP contribution in [-0.4, -0.2) is 47.2 Å². The number of nitrogens with one attached hydrogen (secondary N) is 2. The van der Waals surface area contributed by atoms with Crippen molar-refractivity contribution in [3.63, 3.8) is 0 Å². The zero-order valence-corrected chi connectivity index (χ0v) is 24.1. The summed E-state index contributed by atoms with van der Waals surface area (Å²) in [5.41, 5.74) is 1.09. The molecule has 0 aromatic heterocycles. The Morgan fingerprint density at radius 1 is 0.949 bits per heavy atom. The molecule has 4 rings (SSSR count). The van der Waals surface area contributed by atoms with Gasteiger partial charge in [-0.1, -0.05) is 29.3 Å². The van der Waals surface area contributed by atoms with Crippen molar-refractivity contribution in [3.05, 3.63) is 82.3 Å². The minimum absolute atomic E-state index is 0.0180. The van der Waals surface area contributed by atoms with Crippen LogP contribution >= 0.6 is 23.2 Å². The summed E-state index contributed by atoms with van der Waals surface area (Å²) in [7, 11) is -6.10. The summed E-state index contributed by atoms with van der Waals surface area (Å²) in [6.07, 6.45) is 1.03. The van der Waals surface area contributed by atoms with Gasteiger partial charge in [0.25, 0.3) is 10.0 Å². The normalized spacial score (nSPS) is 16.4. The fraction of sp³-hybridized carbons (Fsp3) is 0.269. The van der Waals surface area contributed by atoms with Crippen LogP contribution in [0, 0.1) is 5.92 Å². The second-order valence-corrected chi connectivity index (χ2v) is 13.5. The fourth-order valence-electron chi connectivity index (χ4n) is 4.19. The van der Waals surface area contributed by atoms with Gasteiger partial charge in [-0.25, -0.2) is 21.1 Å². The van der Waals surface area contributed by atoms with Crippen LogP contribution in [0.5, 0.6) is 5.75 Å². The molecule has 13 heteroatoms. The number of hydrogen-bond donors (Lipinski definition) is 2. The standard InChI is InChI=1S/C26H27Cl2N3O6S2/c1-37-21-11-7-20(8-12-21)30-39(35,36)22-13-9-19(10-14-22)29-26(32)18-4-3-15-31(16-18)38(33,34)17-23-24(27)5-2-6-25(23)28/h2,5-14,18,30H,3-4,15-17H2,1H3,(H,29,32). The lowest BCUT2D eigenvalue weighted by atomic mass is 9.99. The first-order valence-corrected chi connectivity index (χ1v) is 15.8. The predicted octanol–water partition coefficient (Wildman–Crippen LogP) is 4.98. The van der Waals surface area contributed by atoms with Crippen LogP contribution in [0.1, 0.15) is 18.4 Å². The van der Waals surface area contributed by atoms with E-state index in [0.717, 1.165) is 0 Å². The zero-order chi connectivity index (χ0) is 28.2. The molecule has 2 N–H and O–H groups in total. The summed E-state index contributed by atoms with van der Waals surface area (Å²) in [4.78, 5) is 13.0. The molecular weight excluding hydrogens is 585 g/mol. The molecule has 208 valence electrons. The van der Waals surface area contributed by atoms with Gasteiger partial charge in [0.15, 0.2) is 0 Å². The van der Waals surface area contributed by atoms with Gasteiger partial charge in [-0.05, 0) is 73.5 Å². The first kappa shape index (κ1) is 29.2. The van der Waals surface area contributed by atoms with E-state index in [2.05, 4.69) is 10.0 Å². The Hall–Kier alpha value is -2.83. The first-order valence-electron chi connectivity index (χ1n) is 12.0. The number of benzene rings is 3. The second-order valence-electron chi connectivity index (χ2n) is 9.00. The number of ether oxygens (including phenoxy) is 1. The van der Waals surface area contributed by atoms with E-state index in [1.165, 1.54) is 35.7 Å². The van der Waals surface area contributed by atoms with E-state index in [4.69, 9.17) is 27.9 Å². The van der Waals surface area contributed by atoms with Crippen LogP contribution in [0.2, 0.25) is 10.0 Å². The SMILES string of the molecule is COc1ccc(NS(=O)(=O)c2ccc(NC(=O)C3CCCN(S(=O)(=O)Cc4c(Cl)cccc4Cl)C3)cc2)cc1. The van der Waals surface area contributed by atoms with E-state index in [1.54, 1.807) is 42.5 Å². The van der Waals surface area contributed by atoms with Crippen LogP contribution in [-0.2, 0) is 30.6 Å². The number of halogens is 2. The Labute approximate surface area is 238 Å². The lowest BCUT2D eigenvalue weighted by Crippen LogP contribution is -2.44. The highest BCUT2D eigenvalue weighted by atomic mass is 35.5. The molecule has 39 heavy (non-hydrogen) atoms. The molecule has 0 spiro atoms. The molecule has 0 aliphatic carbocycles. The smallest absolute Gasteiger partial charge is 0.261 e. The Kier molecular flexibility index (Phi) is 9.07. The number of hydrogen-bond acceptors (Lipinski definition) is 6. The average molecular weight is 613 g/mol. The highest BCUT2D eigenvalue weighted by Gasteiger charge is 2.33. The van der Waals surface area contributed by atoms with Crippen LogP contribution < -0.4 is 14.8 Å². The molecule has 1 aliphatic rings. The van der Waals surface area contributed by atoms with Gasteiger partial charge in [0, 0.05) is 40.1 Å². The molecule has 9 nitrogen and oxygen atoms in total. The highest BCUT2D eigenvalue weighted by Crippen LogP contribution is 2.29. The van der Waals surface area contributed by atoms with Gasteiger partial charge in [0.1, 0.15) is 5.75 Å². The number of anilines is 2. The van der Waals surface area contributed by atoms with Gasteiger partial charge in [0.2, 0.25) is 15.9 Å². The van der Waals surface area contributed by atoms with Crippen molar-refractivity contribution in [2.24, 2.45) is 5.92 Å². The van der Waals surface area contributed by atoms with Crippen molar-refractivity contribution in [1.82, 2.24) is 4.31 Å². The minimum Gasteiger partial charge on any atom is -0.497 e. The number of methoxy groups -OCH3 is 1. The third kappa shape index (κ3) is 7.23. The van der Waals surface area contributed by atoms with Gasteiger partial charge in [-0.15, -0.1) is 0 Å². The van der Waals surface area contributed by atoms with E-state index < -0.39 is 26.0 Å². The number of sulfonamides is 2. The molecule has 0 bridgehead atoms. The van der Waals surface area contributed by atoms with Crippen molar-refractivity contribution in [2.75, 3.05) is 30.2 Å². The number of carbonyl (C=O) groups excluding carboxylic acids is 1. The molecule has 1 atom stereocenters. The fourth-order valence-corrected chi connectivity index (χ4v) is 7.61. The van der Waals surface area contributed by atoms with Gasteiger partial charge in [-0.2, -0.15) is 0 Å². The van der Waals surface area contributed by atoms with Crippen LogP contribution in [0.4, 0.5) is 11.4 Å². The van der Waals surface area contributed by atoms with Gasteiger partial charge >= 0.3 is 0 Å². The Balaban J connectivity index is 1.38. The third-order valence-corrected chi connectivity index (χ3v) is 10.2. The highest BCUT2D eigenvalue weighted by molar-refractivity contribution is 7.92. The van der Waals surface area contributed by atoms with Crippen molar-refractivity contribution in [1.29, 1.82) is 0 Å². The van der Waals surface area contributed by atoms with E-state index >= 15 is 0 Å². The van der Waals surface area contributed by atoms with Gasteiger partial charge < -0.3 is 10.1 Å². The van der Waals surface area contributed by atoms with Crippen LogP contribution in [0.25, 0.3) is 0 Å². The van der Waals surface area contributed by atoms with E-state index in [0.29, 0.717) is 42.1 Å². The van der Waals surface area contributed by atoms with E-state index in [1.807, 2.05) is 0 Å². The average Bonchev–Trinajstić information content (AvgIpc) is 2.91. The summed E-state index contributed by atoms with van der Waals surface area (Å²) in [6.45, 7) is 0.316. The van der Waals surface area contributed by atoms with Crippen molar-refractivity contribution in [2.45, 2.75) is 23.5 Å². The lowest BCUT2D eigenvalue weighted by molar-refractivity contribution is -0.120. The lowest BCUT2D eigenvalue weighted by Gasteiger charge is -2.31. The molecule has 1 fully saturated rings. The maximum Gasteiger partial charge on any atom is 0.261 e. The molecule has 1 aliphatic heterocycles. The number of piperidine rings is 1. The zero-order valence-electron chi connectivity index (χ0n) is 20.9. The summed E-state index contributed by atoms with van der Waals surface area (Å²) >= 11 is 12.3. The third-order valence-electron chi connectivity index (χ3n) is 6.31. The molecule has 3 aromatic rings. The maximum atomic E-state index is 13.1. The molecule has 0 radical (unpaired) electrons. The van der Waals surface area contributed by atoms with Gasteiger partial charge in [-0.3, -0.25) is 9.52 Å². The molecule has 1 saturated heterocycles. The molecular formula is C26H27Cl2N3O6S2. The predicted molar refractivity (Wildman–Crippen MR) is 152 cm³/mol. The number of carbonyl (C=O) groups is 1. The molecule has 3 aromatic carbocycles. The largest absolute Gasteiger partial charge is 0.497 e. The maximum absolute atomic E-state index is 13.1. The molecule has 1 unspecified atom stereocenters. The van der Waals surface area contributed by atoms with Crippen molar-refractivity contribution in [3.8, 4) is 5.75 Å². The Morgan fingerprint density at radius 3 is 2.18 bits per heavy atom. The summed E-state index contributed by atoms with van der Waals surface area (Å²) in [5.74, 6) is -0.685. The second kappa shape index (κ2) is 12.1. The molecule has 1 heterocycles. The molecule has 0 saturated carbocycles. The first-order chi connectivity index (χ1) is 18.5. The summed E-state index contributed by atoms with van der Waals surface area (Å²) in [6, 6.07) is 17.0. The van der Waals surface area contributed by atoms with E-state index in [-0.39, 0.29) is 33.1 Å².